The van der Waals surface area contributed by atoms with E-state index in [1.54, 1.807) is 0 Å². The molecule has 18 heavy (non-hydrogen) atoms. The smallest absolute Gasteiger partial charge is 0.243 e. The first-order chi connectivity index (χ1) is 8.56. The molecule has 2 atom stereocenters. The number of rotatable bonds is 4. The summed E-state index contributed by atoms with van der Waals surface area (Å²) in [6, 6.07) is -0.187. The Morgan fingerprint density at radius 3 is 2.94 bits per heavy atom. The van der Waals surface area contributed by atoms with E-state index in [9.17, 15) is 0 Å². The van der Waals surface area contributed by atoms with Gasteiger partial charge in [0.05, 0.1) is 12.6 Å². The summed E-state index contributed by atoms with van der Waals surface area (Å²) < 4.78 is 10.9. The summed E-state index contributed by atoms with van der Waals surface area (Å²) in [4.78, 5) is 6.56. The average molecular weight is 254 g/mol. The normalized spacial score (nSPS) is 23.5. The largest absolute Gasteiger partial charge is 0.367 e. The predicted molar refractivity (Wildman–Crippen MR) is 66.9 cm³/mol. The van der Waals surface area contributed by atoms with Gasteiger partial charge >= 0.3 is 0 Å². The summed E-state index contributed by atoms with van der Waals surface area (Å²) in [6.07, 6.45) is 0.736. The minimum atomic E-state index is -0.187. The summed E-state index contributed by atoms with van der Waals surface area (Å²) in [5.74, 6) is 1.62. The van der Waals surface area contributed by atoms with Gasteiger partial charge in [-0.2, -0.15) is 4.98 Å². The van der Waals surface area contributed by atoms with Gasteiger partial charge in [-0.05, 0) is 19.4 Å². The molecule has 1 aromatic heterocycles. The molecule has 6 heteroatoms. The van der Waals surface area contributed by atoms with Crippen molar-refractivity contribution in [3.63, 3.8) is 0 Å². The fourth-order valence-electron chi connectivity index (χ4n) is 2.07. The highest BCUT2D eigenvalue weighted by molar-refractivity contribution is 4.97. The second-order valence-corrected chi connectivity index (χ2v) is 5.35. The molecule has 2 heterocycles. The van der Waals surface area contributed by atoms with Crippen LogP contribution in [-0.2, 0) is 4.74 Å². The Labute approximate surface area is 107 Å². The molecule has 0 amide bonds. The second-order valence-electron chi connectivity index (χ2n) is 5.35. The van der Waals surface area contributed by atoms with E-state index in [0.29, 0.717) is 24.2 Å². The molecule has 0 radical (unpaired) electrons. The lowest BCUT2D eigenvalue weighted by molar-refractivity contribution is -0.0264. The summed E-state index contributed by atoms with van der Waals surface area (Å²) >= 11 is 0. The number of morpholine rings is 1. The lowest BCUT2D eigenvalue weighted by atomic mass is 10.0. The van der Waals surface area contributed by atoms with E-state index < -0.39 is 0 Å². The maximum atomic E-state index is 6.02. The first-order valence-electron chi connectivity index (χ1n) is 6.45. The zero-order chi connectivity index (χ0) is 13.1. The molecule has 102 valence electrons. The van der Waals surface area contributed by atoms with Crippen molar-refractivity contribution in [3.05, 3.63) is 11.7 Å². The Morgan fingerprint density at radius 2 is 2.28 bits per heavy atom. The Hall–Kier alpha value is -0.980. The molecular weight excluding hydrogens is 232 g/mol. The fraction of sp³-hybridized carbons (Fsp3) is 0.833. The van der Waals surface area contributed by atoms with Crippen LogP contribution in [0.25, 0.3) is 0 Å². The standard InChI is InChI=1S/C12H22N4O2/c1-8(2)6-9(13)12-14-11(15-18-12)10-7-16(3)4-5-17-10/h8-10H,4-7,13H2,1-3H3/t9-,10?/m1/s1. The second kappa shape index (κ2) is 5.77. The van der Waals surface area contributed by atoms with Crippen molar-refractivity contribution in [1.82, 2.24) is 15.0 Å². The zero-order valence-corrected chi connectivity index (χ0v) is 11.3. The molecule has 0 saturated carbocycles. The Morgan fingerprint density at radius 1 is 1.50 bits per heavy atom. The van der Waals surface area contributed by atoms with Crippen LogP contribution in [0.3, 0.4) is 0 Å². The number of hydrogen-bond donors (Lipinski definition) is 1. The molecule has 1 aromatic rings. The lowest BCUT2D eigenvalue weighted by Crippen LogP contribution is -2.35. The van der Waals surface area contributed by atoms with Crippen LogP contribution >= 0.6 is 0 Å². The first kappa shape index (κ1) is 13.5. The van der Waals surface area contributed by atoms with Gasteiger partial charge in [-0.1, -0.05) is 19.0 Å². The van der Waals surface area contributed by atoms with E-state index in [4.69, 9.17) is 15.0 Å². The molecular formula is C12H22N4O2. The molecule has 1 saturated heterocycles. The van der Waals surface area contributed by atoms with Gasteiger partial charge in [-0.3, -0.25) is 0 Å². The van der Waals surface area contributed by atoms with Crippen LogP contribution in [0.5, 0.6) is 0 Å². The van der Waals surface area contributed by atoms with Crippen molar-refractivity contribution < 1.29 is 9.26 Å². The van der Waals surface area contributed by atoms with E-state index in [1.165, 1.54) is 0 Å². The maximum absolute atomic E-state index is 6.02. The topological polar surface area (TPSA) is 77.4 Å². The molecule has 1 unspecified atom stereocenters. The first-order valence-corrected chi connectivity index (χ1v) is 6.45. The van der Waals surface area contributed by atoms with E-state index in [-0.39, 0.29) is 12.1 Å². The SMILES string of the molecule is CC(C)C[C@@H](N)c1nc(C2CN(C)CCO2)no1. The van der Waals surface area contributed by atoms with Gasteiger partial charge in [-0.25, -0.2) is 0 Å². The molecule has 0 bridgehead atoms. The van der Waals surface area contributed by atoms with Gasteiger partial charge < -0.3 is 19.9 Å². The summed E-state index contributed by atoms with van der Waals surface area (Å²) in [5, 5.41) is 3.98. The van der Waals surface area contributed by atoms with Crippen molar-refractivity contribution in [3.8, 4) is 0 Å². The summed E-state index contributed by atoms with van der Waals surface area (Å²) in [5.41, 5.74) is 6.02. The number of nitrogens with zero attached hydrogens (tertiary/aromatic N) is 3. The third-order valence-corrected chi connectivity index (χ3v) is 3.06. The number of hydrogen-bond acceptors (Lipinski definition) is 6. The molecule has 1 fully saturated rings. The Balaban J connectivity index is 2.01. The van der Waals surface area contributed by atoms with E-state index in [2.05, 4.69) is 35.9 Å². The van der Waals surface area contributed by atoms with Crippen LogP contribution in [0.2, 0.25) is 0 Å². The van der Waals surface area contributed by atoms with Crippen LogP contribution in [-0.4, -0.2) is 41.8 Å². The highest BCUT2D eigenvalue weighted by atomic mass is 16.5. The number of aromatic nitrogens is 2. The minimum absolute atomic E-state index is 0.104. The van der Waals surface area contributed by atoms with Crippen LogP contribution in [0, 0.1) is 5.92 Å². The van der Waals surface area contributed by atoms with E-state index >= 15 is 0 Å². The van der Waals surface area contributed by atoms with Crippen LogP contribution < -0.4 is 5.73 Å². The van der Waals surface area contributed by atoms with Gasteiger partial charge in [-0.15, -0.1) is 0 Å². The van der Waals surface area contributed by atoms with Crippen molar-refractivity contribution >= 4 is 0 Å². The Kier molecular flexibility index (Phi) is 4.31. The average Bonchev–Trinajstić information content (AvgIpc) is 2.77. The van der Waals surface area contributed by atoms with Crippen molar-refractivity contribution in [1.29, 1.82) is 0 Å². The number of likely N-dealkylation sites (N-methyl/N-ethyl adjacent to an activating group) is 1. The monoisotopic (exact) mass is 254 g/mol. The van der Waals surface area contributed by atoms with Crippen molar-refractivity contribution in [2.45, 2.75) is 32.4 Å². The van der Waals surface area contributed by atoms with Crippen molar-refractivity contribution in [2.24, 2.45) is 11.7 Å². The summed E-state index contributed by atoms with van der Waals surface area (Å²) in [7, 11) is 2.06. The molecule has 0 spiro atoms. The van der Waals surface area contributed by atoms with Gasteiger partial charge in [0.25, 0.3) is 0 Å². The Bertz CT molecular complexity index is 380. The third kappa shape index (κ3) is 3.28. The minimum Gasteiger partial charge on any atom is -0.367 e. The van der Waals surface area contributed by atoms with Gasteiger partial charge in [0.1, 0.15) is 6.10 Å². The molecule has 0 aliphatic carbocycles. The van der Waals surface area contributed by atoms with Crippen LogP contribution in [0.4, 0.5) is 0 Å². The van der Waals surface area contributed by atoms with Gasteiger partial charge in [0, 0.05) is 13.1 Å². The quantitative estimate of drug-likeness (QED) is 0.867. The summed E-state index contributed by atoms with van der Waals surface area (Å²) in [6.45, 7) is 6.67. The lowest BCUT2D eigenvalue weighted by Gasteiger charge is -2.27. The highest BCUT2D eigenvalue weighted by Crippen LogP contribution is 2.22. The molecule has 0 aromatic carbocycles. The fourth-order valence-corrected chi connectivity index (χ4v) is 2.07. The van der Waals surface area contributed by atoms with Crippen LogP contribution in [0.1, 0.15) is 44.1 Å². The molecule has 1 aliphatic rings. The maximum Gasteiger partial charge on any atom is 0.243 e. The molecule has 2 rings (SSSR count). The highest BCUT2D eigenvalue weighted by Gasteiger charge is 2.25. The van der Waals surface area contributed by atoms with Crippen molar-refractivity contribution in [2.75, 3.05) is 26.7 Å². The van der Waals surface area contributed by atoms with E-state index in [1.807, 2.05) is 0 Å². The molecule has 1 aliphatic heterocycles. The molecule has 6 nitrogen and oxygen atoms in total. The zero-order valence-electron chi connectivity index (χ0n) is 11.3. The van der Waals surface area contributed by atoms with E-state index in [0.717, 1.165) is 19.5 Å². The number of ether oxygens (including phenoxy) is 1. The van der Waals surface area contributed by atoms with Gasteiger partial charge in [0.15, 0.2) is 0 Å². The third-order valence-electron chi connectivity index (χ3n) is 3.06. The number of nitrogens with two attached hydrogens (primary N) is 1. The predicted octanol–water partition coefficient (Wildman–Crippen LogP) is 1.12. The van der Waals surface area contributed by atoms with Crippen LogP contribution in [0.15, 0.2) is 4.52 Å². The molecule has 2 N–H and O–H groups in total. The van der Waals surface area contributed by atoms with Gasteiger partial charge in [0.2, 0.25) is 11.7 Å².